The Balaban J connectivity index is 0.00000392. The minimum Gasteiger partial charge on any atom is -0.493 e. The summed E-state index contributed by atoms with van der Waals surface area (Å²) in [7, 11) is 7.20. The summed E-state index contributed by atoms with van der Waals surface area (Å²) in [5, 5.41) is 3.45. The SMILES string of the molecule is CN=C(NCCCc1ccccc1)N(C)CCc1ccc(OC)c(OC)c1.I. The van der Waals surface area contributed by atoms with Crippen molar-refractivity contribution < 1.29 is 9.47 Å². The monoisotopic (exact) mass is 497 g/mol. The molecule has 0 aliphatic carbocycles. The first kappa shape index (κ1) is 24.1. The number of ether oxygens (including phenoxy) is 2. The Labute approximate surface area is 186 Å². The van der Waals surface area contributed by atoms with Crippen LogP contribution in [0.25, 0.3) is 0 Å². The van der Waals surface area contributed by atoms with E-state index in [1.54, 1.807) is 14.2 Å². The fourth-order valence-corrected chi connectivity index (χ4v) is 2.96. The minimum atomic E-state index is 0. The fraction of sp³-hybridized carbons (Fsp3) is 0.409. The maximum Gasteiger partial charge on any atom is 0.193 e. The van der Waals surface area contributed by atoms with Crippen LogP contribution in [-0.2, 0) is 12.8 Å². The molecule has 6 heteroatoms. The van der Waals surface area contributed by atoms with Crippen LogP contribution in [-0.4, -0.2) is 52.3 Å². The van der Waals surface area contributed by atoms with Gasteiger partial charge in [0.25, 0.3) is 0 Å². The van der Waals surface area contributed by atoms with Crippen molar-refractivity contribution in [2.24, 2.45) is 4.99 Å². The van der Waals surface area contributed by atoms with E-state index in [2.05, 4.69) is 58.7 Å². The van der Waals surface area contributed by atoms with Gasteiger partial charge in [-0.25, -0.2) is 0 Å². The standard InChI is InChI=1S/C22H31N3O2.HI/c1-23-22(24-15-8-11-18-9-6-5-7-10-18)25(2)16-14-19-12-13-20(26-3)21(17-19)27-4;/h5-7,9-10,12-13,17H,8,11,14-16H2,1-4H3,(H,23,24);1H. The molecule has 2 aromatic rings. The van der Waals surface area contributed by atoms with Crippen molar-refractivity contribution in [1.29, 1.82) is 0 Å². The van der Waals surface area contributed by atoms with Gasteiger partial charge in [0.05, 0.1) is 14.2 Å². The fourth-order valence-electron chi connectivity index (χ4n) is 2.96. The van der Waals surface area contributed by atoms with Crippen molar-refractivity contribution in [3.8, 4) is 11.5 Å². The lowest BCUT2D eigenvalue weighted by Crippen LogP contribution is -2.40. The molecule has 5 nitrogen and oxygen atoms in total. The summed E-state index contributed by atoms with van der Waals surface area (Å²) >= 11 is 0. The Morgan fingerprint density at radius 2 is 1.68 bits per heavy atom. The van der Waals surface area contributed by atoms with E-state index in [0.717, 1.165) is 49.8 Å². The van der Waals surface area contributed by atoms with E-state index in [4.69, 9.17) is 9.47 Å². The highest BCUT2D eigenvalue weighted by Gasteiger charge is 2.08. The summed E-state index contributed by atoms with van der Waals surface area (Å²) < 4.78 is 10.7. The lowest BCUT2D eigenvalue weighted by Gasteiger charge is -2.22. The highest BCUT2D eigenvalue weighted by atomic mass is 127. The lowest BCUT2D eigenvalue weighted by atomic mass is 10.1. The van der Waals surface area contributed by atoms with E-state index >= 15 is 0 Å². The first-order valence-corrected chi connectivity index (χ1v) is 9.34. The lowest BCUT2D eigenvalue weighted by molar-refractivity contribution is 0.354. The van der Waals surface area contributed by atoms with E-state index in [-0.39, 0.29) is 24.0 Å². The molecule has 28 heavy (non-hydrogen) atoms. The summed E-state index contributed by atoms with van der Waals surface area (Å²) in [6, 6.07) is 16.6. The number of halogens is 1. The number of rotatable bonds is 9. The molecule has 154 valence electrons. The molecule has 0 amide bonds. The third kappa shape index (κ3) is 7.58. The number of hydrogen-bond donors (Lipinski definition) is 1. The number of aryl methyl sites for hydroxylation is 1. The minimum absolute atomic E-state index is 0. The summed E-state index contributed by atoms with van der Waals surface area (Å²) in [5.41, 5.74) is 2.58. The van der Waals surface area contributed by atoms with Crippen molar-refractivity contribution in [3.63, 3.8) is 0 Å². The predicted molar refractivity (Wildman–Crippen MR) is 127 cm³/mol. The Morgan fingerprint density at radius 1 is 0.964 bits per heavy atom. The van der Waals surface area contributed by atoms with Gasteiger partial charge in [0, 0.05) is 27.2 Å². The molecule has 0 atom stereocenters. The second-order valence-corrected chi connectivity index (χ2v) is 6.42. The highest BCUT2D eigenvalue weighted by Crippen LogP contribution is 2.27. The largest absolute Gasteiger partial charge is 0.493 e. The molecule has 0 spiro atoms. The van der Waals surface area contributed by atoms with Crippen LogP contribution >= 0.6 is 24.0 Å². The van der Waals surface area contributed by atoms with E-state index in [0.29, 0.717) is 0 Å². The molecule has 2 rings (SSSR count). The third-order valence-electron chi connectivity index (χ3n) is 4.53. The molecule has 0 saturated heterocycles. The van der Waals surface area contributed by atoms with Crippen molar-refractivity contribution in [1.82, 2.24) is 10.2 Å². The number of aliphatic imine (C=N–C) groups is 1. The maximum absolute atomic E-state index is 5.38. The number of benzene rings is 2. The van der Waals surface area contributed by atoms with Crippen LogP contribution < -0.4 is 14.8 Å². The van der Waals surface area contributed by atoms with Gasteiger partial charge in [-0.1, -0.05) is 36.4 Å². The average molecular weight is 497 g/mol. The van der Waals surface area contributed by atoms with Gasteiger partial charge in [-0.3, -0.25) is 4.99 Å². The number of nitrogens with one attached hydrogen (secondary N) is 1. The van der Waals surface area contributed by atoms with Gasteiger partial charge in [-0.15, -0.1) is 24.0 Å². The molecule has 0 heterocycles. The van der Waals surface area contributed by atoms with Crippen LogP contribution in [0.3, 0.4) is 0 Å². The summed E-state index contributed by atoms with van der Waals surface area (Å²) in [4.78, 5) is 6.54. The zero-order chi connectivity index (χ0) is 19.5. The molecule has 0 bridgehead atoms. The van der Waals surface area contributed by atoms with Gasteiger partial charge in [0.15, 0.2) is 17.5 Å². The number of hydrogen-bond acceptors (Lipinski definition) is 3. The Bertz CT molecular complexity index is 723. The molecule has 1 N–H and O–H groups in total. The molecule has 0 unspecified atom stereocenters. The van der Waals surface area contributed by atoms with Gasteiger partial charge < -0.3 is 19.7 Å². The molecule has 0 saturated carbocycles. The van der Waals surface area contributed by atoms with Crippen molar-refractivity contribution in [2.75, 3.05) is 41.4 Å². The first-order chi connectivity index (χ1) is 13.2. The van der Waals surface area contributed by atoms with E-state index < -0.39 is 0 Å². The Morgan fingerprint density at radius 3 is 2.32 bits per heavy atom. The topological polar surface area (TPSA) is 46.1 Å². The molecular formula is C22H32IN3O2. The summed E-state index contributed by atoms with van der Waals surface area (Å²) in [6.45, 7) is 1.77. The highest BCUT2D eigenvalue weighted by molar-refractivity contribution is 14.0. The Kier molecular flexibility index (Phi) is 11.4. The second kappa shape index (κ2) is 13.3. The van der Waals surface area contributed by atoms with E-state index in [1.165, 1.54) is 11.1 Å². The molecule has 2 aromatic carbocycles. The smallest absolute Gasteiger partial charge is 0.193 e. The van der Waals surface area contributed by atoms with Crippen LogP contribution in [0.1, 0.15) is 17.5 Å². The van der Waals surface area contributed by atoms with Crippen molar-refractivity contribution in [3.05, 3.63) is 59.7 Å². The van der Waals surface area contributed by atoms with Gasteiger partial charge in [-0.05, 0) is 42.5 Å². The maximum atomic E-state index is 5.38. The number of nitrogens with zero attached hydrogens (tertiary/aromatic N) is 2. The van der Waals surface area contributed by atoms with E-state index in [1.807, 2.05) is 19.2 Å². The molecule has 0 aromatic heterocycles. The van der Waals surface area contributed by atoms with Crippen LogP contribution in [0, 0.1) is 0 Å². The van der Waals surface area contributed by atoms with Crippen LogP contribution in [0.15, 0.2) is 53.5 Å². The second-order valence-electron chi connectivity index (χ2n) is 6.42. The van der Waals surface area contributed by atoms with Gasteiger partial charge in [0.1, 0.15) is 0 Å². The van der Waals surface area contributed by atoms with Crippen molar-refractivity contribution >= 4 is 29.9 Å². The van der Waals surface area contributed by atoms with E-state index in [9.17, 15) is 0 Å². The molecule has 0 fully saturated rings. The van der Waals surface area contributed by atoms with Crippen LogP contribution in [0.2, 0.25) is 0 Å². The predicted octanol–water partition coefficient (Wildman–Crippen LogP) is 4.00. The van der Waals surface area contributed by atoms with Gasteiger partial charge >= 0.3 is 0 Å². The first-order valence-electron chi connectivity index (χ1n) is 9.34. The number of likely N-dealkylation sites (N-methyl/N-ethyl adjacent to an activating group) is 1. The van der Waals surface area contributed by atoms with Gasteiger partial charge in [-0.2, -0.15) is 0 Å². The van der Waals surface area contributed by atoms with Crippen LogP contribution in [0.5, 0.6) is 11.5 Å². The summed E-state index contributed by atoms with van der Waals surface area (Å²) in [5.74, 6) is 2.44. The van der Waals surface area contributed by atoms with Gasteiger partial charge in [0.2, 0.25) is 0 Å². The zero-order valence-corrected chi connectivity index (χ0v) is 19.6. The molecule has 0 radical (unpaired) electrons. The quantitative estimate of drug-likeness (QED) is 0.246. The number of guanidine groups is 1. The van der Waals surface area contributed by atoms with Crippen molar-refractivity contribution in [2.45, 2.75) is 19.3 Å². The third-order valence-corrected chi connectivity index (χ3v) is 4.53. The summed E-state index contributed by atoms with van der Waals surface area (Å²) in [6.07, 6.45) is 3.05. The molecule has 0 aliphatic rings. The number of methoxy groups -OCH3 is 2. The zero-order valence-electron chi connectivity index (χ0n) is 17.3. The molecular weight excluding hydrogens is 465 g/mol. The Hall–Kier alpha value is -1.96. The van der Waals surface area contributed by atoms with Crippen LogP contribution in [0.4, 0.5) is 0 Å². The normalized spacial score (nSPS) is 10.8. The average Bonchev–Trinajstić information content (AvgIpc) is 2.72. The molecule has 0 aliphatic heterocycles.